The maximum atomic E-state index is 12.5. The molecule has 0 bridgehead atoms. The van der Waals surface area contributed by atoms with Crippen LogP contribution < -0.4 is 15.0 Å². The summed E-state index contributed by atoms with van der Waals surface area (Å²) in [5.41, 5.74) is 1.28. The van der Waals surface area contributed by atoms with Crippen LogP contribution >= 0.6 is 11.6 Å². The number of hydrogen-bond donors (Lipinski definition) is 1. The fraction of sp³-hybridized carbons (Fsp3) is 0.211. The quantitative estimate of drug-likeness (QED) is 0.877. The van der Waals surface area contributed by atoms with Gasteiger partial charge >= 0.3 is 0 Å². The summed E-state index contributed by atoms with van der Waals surface area (Å²) < 4.78 is 5.22. The lowest BCUT2D eigenvalue weighted by Gasteiger charge is -2.17. The predicted molar refractivity (Wildman–Crippen MR) is 98.1 cm³/mol. The highest BCUT2D eigenvalue weighted by atomic mass is 35.5. The number of amides is 2. The van der Waals surface area contributed by atoms with E-state index >= 15 is 0 Å². The van der Waals surface area contributed by atoms with Crippen molar-refractivity contribution >= 4 is 34.8 Å². The lowest BCUT2D eigenvalue weighted by molar-refractivity contribution is -0.122. The molecule has 2 aromatic carbocycles. The van der Waals surface area contributed by atoms with Crippen molar-refractivity contribution in [2.24, 2.45) is 5.92 Å². The van der Waals surface area contributed by atoms with Gasteiger partial charge in [-0.05, 0) is 36.4 Å². The SMILES string of the molecule is N#CCOc1cccc(NC(=O)C2CC(=O)N(c3ccc(Cl)cc3)C2)c1. The summed E-state index contributed by atoms with van der Waals surface area (Å²) in [4.78, 5) is 26.4. The van der Waals surface area contributed by atoms with Gasteiger partial charge in [0.1, 0.15) is 11.8 Å². The average molecular weight is 370 g/mol. The average Bonchev–Trinajstić information content (AvgIpc) is 3.03. The Morgan fingerprint density at radius 1 is 1.31 bits per heavy atom. The molecule has 7 heteroatoms. The molecule has 2 amide bonds. The van der Waals surface area contributed by atoms with Gasteiger partial charge < -0.3 is 15.0 Å². The second-order valence-electron chi connectivity index (χ2n) is 5.85. The summed E-state index contributed by atoms with van der Waals surface area (Å²) in [5, 5.41) is 11.9. The Kier molecular flexibility index (Phi) is 5.40. The third-order valence-electron chi connectivity index (χ3n) is 4.04. The Balaban J connectivity index is 1.65. The Morgan fingerprint density at radius 3 is 2.81 bits per heavy atom. The molecule has 2 aromatic rings. The van der Waals surface area contributed by atoms with E-state index < -0.39 is 5.92 Å². The second-order valence-corrected chi connectivity index (χ2v) is 6.28. The number of benzene rings is 2. The molecule has 3 rings (SSSR count). The van der Waals surface area contributed by atoms with Crippen LogP contribution in [0.2, 0.25) is 5.02 Å². The summed E-state index contributed by atoms with van der Waals surface area (Å²) in [6.45, 7) is 0.251. The minimum atomic E-state index is -0.443. The third kappa shape index (κ3) is 4.13. The summed E-state index contributed by atoms with van der Waals surface area (Å²) >= 11 is 5.87. The van der Waals surface area contributed by atoms with Crippen molar-refractivity contribution in [2.45, 2.75) is 6.42 Å². The predicted octanol–water partition coefficient (Wildman–Crippen LogP) is 3.23. The van der Waals surface area contributed by atoms with Crippen LogP contribution in [0.15, 0.2) is 48.5 Å². The minimum Gasteiger partial charge on any atom is -0.479 e. The van der Waals surface area contributed by atoms with Crippen LogP contribution in [0.1, 0.15) is 6.42 Å². The molecule has 1 atom stereocenters. The highest BCUT2D eigenvalue weighted by Gasteiger charge is 2.35. The first-order valence-electron chi connectivity index (χ1n) is 8.03. The van der Waals surface area contributed by atoms with Gasteiger partial charge in [0.2, 0.25) is 11.8 Å². The molecule has 1 N–H and O–H groups in total. The van der Waals surface area contributed by atoms with Gasteiger partial charge in [-0.15, -0.1) is 0 Å². The molecule has 1 unspecified atom stereocenters. The molecule has 1 fully saturated rings. The van der Waals surface area contributed by atoms with Gasteiger partial charge in [0, 0.05) is 35.4 Å². The zero-order chi connectivity index (χ0) is 18.5. The number of ether oxygens (including phenoxy) is 1. The molecular formula is C19H16ClN3O3. The van der Waals surface area contributed by atoms with Crippen molar-refractivity contribution in [3.05, 3.63) is 53.6 Å². The van der Waals surface area contributed by atoms with E-state index in [0.29, 0.717) is 23.0 Å². The maximum Gasteiger partial charge on any atom is 0.229 e. The largest absolute Gasteiger partial charge is 0.479 e. The summed E-state index contributed by atoms with van der Waals surface area (Å²) in [6.07, 6.45) is 0.152. The molecule has 132 valence electrons. The lowest BCUT2D eigenvalue weighted by Crippen LogP contribution is -2.28. The number of nitrogens with one attached hydrogen (secondary N) is 1. The fourth-order valence-corrected chi connectivity index (χ4v) is 2.90. The number of nitrogens with zero attached hydrogens (tertiary/aromatic N) is 2. The molecule has 6 nitrogen and oxygen atoms in total. The van der Waals surface area contributed by atoms with Gasteiger partial charge in [0.05, 0.1) is 5.92 Å². The molecule has 0 aliphatic carbocycles. The van der Waals surface area contributed by atoms with Crippen LogP contribution in [0, 0.1) is 17.2 Å². The van der Waals surface area contributed by atoms with E-state index in [0.717, 1.165) is 5.69 Å². The van der Waals surface area contributed by atoms with Gasteiger partial charge in [-0.3, -0.25) is 9.59 Å². The second kappa shape index (κ2) is 7.89. The fourth-order valence-electron chi connectivity index (χ4n) is 2.78. The zero-order valence-corrected chi connectivity index (χ0v) is 14.6. The normalized spacial score (nSPS) is 16.2. The van der Waals surface area contributed by atoms with Crippen LogP contribution in [0.25, 0.3) is 0 Å². The third-order valence-corrected chi connectivity index (χ3v) is 4.29. The molecule has 1 saturated heterocycles. The number of halogens is 1. The highest BCUT2D eigenvalue weighted by molar-refractivity contribution is 6.30. The first-order chi connectivity index (χ1) is 12.6. The van der Waals surface area contributed by atoms with Crippen molar-refractivity contribution in [3.63, 3.8) is 0 Å². The van der Waals surface area contributed by atoms with E-state index in [1.807, 2.05) is 6.07 Å². The highest BCUT2D eigenvalue weighted by Crippen LogP contribution is 2.27. The van der Waals surface area contributed by atoms with E-state index in [1.54, 1.807) is 53.4 Å². The first-order valence-corrected chi connectivity index (χ1v) is 8.41. The molecule has 1 heterocycles. The van der Waals surface area contributed by atoms with Crippen LogP contribution in [-0.4, -0.2) is 25.0 Å². The number of anilines is 2. The topological polar surface area (TPSA) is 82.4 Å². The van der Waals surface area contributed by atoms with Gasteiger partial charge in [0.25, 0.3) is 0 Å². The van der Waals surface area contributed by atoms with Crippen LogP contribution in [0.5, 0.6) is 5.75 Å². The molecule has 1 aliphatic heterocycles. The zero-order valence-electron chi connectivity index (χ0n) is 13.8. The molecule has 26 heavy (non-hydrogen) atoms. The smallest absolute Gasteiger partial charge is 0.229 e. The van der Waals surface area contributed by atoms with Crippen molar-refractivity contribution in [1.29, 1.82) is 5.26 Å². The standard InChI is InChI=1S/C19H16ClN3O3/c20-14-4-6-16(7-5-14)23-12-13(10-18(23)24)19(25)22-15-2-1-3-17(11-15)26-9-8-21/h1-7,11,13H,9-10,12H2,(H,22,25). The van der Waals surface area contributed by atoms with Crippen LogP contribution in [0.3, 0.4) is 0 Å². The maximum absolute atomic E-state index is 12.5. The van der Waals surface area contributed by atoms with E-state index in [4.69, 9.17) is 21.6 Å². The van der Waals surface area contributed by atoms with Crippen molar-refractivity contribution < 1.29 is 14.3 Å². The van der Waals surface area contributed by atoms with Crippen molar-refractivity contribution in [3.8, 4) is 11.8 Å². The summed E-state index contributed by atoms with van der Waals surface area (Å²) in [5.74, 6) is -0.276. The Morgan fingerprint density at radius 2 is 2.08 bits per heavy atom. The van der Waals surface area contributed by atoms with Crippen LogP contribution in [0.4, 0.5) is 11.4 Å². The van der Waals surface area contributed by atoms with E-state index in [1.165, 1.54) is 0 Å². The van der Waals surface area contributed by atoms with Gasteiger partial charge in [-0.1, -0.05) is 17.7 Å². The van der Waals surface area contributed by atoms with Crippen molar-refractivity contribution in [2.75, 3.05) is 23.4 Å². The number of carbonyl (C=O) groups excluding carboxylic acids is 2. The Hall–Kier alpha value is -3.04. The lowest BCUT2D eigenvalue weighted by atomic mass is 10.1. The van der Waals surface area contributed by atoms with E-state index in [2.05, 4.69) is 5.32 Å². The van der Waals surface area contributed by atoms with Gasteiger partial charge in [-0.25, -0.2) is 0 Å². The molecule has 0 radical (unpaired) electrons. The first kappa shape index (κ1) is 17.8. The van der Waals surface area contributed by atoms with Gasteiger partial charge in [-0.2, -0.15) is 5.26 Å². The molecular weight excluding hydrogens is 354 g/mol. The van der Waals surface area contributed by atoms with Gasteiger partial charge in [0.15, 0.2) is 6.61 Å². The number of rotatable bonds is 5. The number of hydrogen-bond acceptors (Lipinski definition) is 4. The molecule has 0 saturated carbocycles. The van der Waals surface area contributed by atoms with E-state index in [-0.39, 0.29) is 24.8 Å². The Labute approximate surface area is 155 Å². The van der Waals surface area contributed by atoms with Crippen LogP contribution in [-0.2, 0) is 9.59 Å². The monoisotopic (exact) mass is 369 g/mol. The minimum absolute atomic E-state index is 0.0649. The number of carbonyl (C=O) groups is 2. The molecule has 0 spiro atoms. The van der Waals surface area contributed by atoms with E-state index in [9.17, 15) is 9.59 Å². The molecule has 0 aromatic heterocycles. The summed E-state index contributed by atoms with van der Waals surface area (Å²) in [7, 11) is 0. The number of nitriles is 1. The van der Waals surface area contributed by atoms with Crippen molar-refractivity contribution in [1.82, 2.24) is 0 Å². The Bertz CT molecular complexity index is 861. The summed E-state index contributed by atoms with van der Waals surface area (Å²) in [6, 6.07) is 15.6. The molecule has 1 aliphatic rings.